The Bertz CT molecular complexity index is 1030. The van der Waals surface area contributed by atoms with E-state index >= 15 is 0 Å². The second-order valence-electron chi connectivity index (χ2n) is 7.69. The minimum absolute atomic E-state index is 0.139. The number of ether oxygens (including phenoxy) is 2. The molecule has 0 spiro atoms. The Balaban J connectivity index is 1.84. The molecular weight excluding hydrogens is 447 g/mol. The number of methoxy groups -OCH3 is 2. The fraction of sp³-hybridized carbons (Fsp3) is 0.240. The first-order valence-electron chi connectivity index (χ1n) is 10.2. The fourth-order valence-electron chi connectivity index (χ4n) is 4.29. The minimum atomic E-state index is -0.853. The van der Waals surface area contributed by atoms with Crippen LogP contribution in [0.25, 0.3) is 0 Å². The highest BCUT2D eigenvalue weighted by Crippen LogP contribution is 2.45. The lowest BCUT2D eigenvalue weighted by atomic mass is 9.95. The fourth-order valence-corrected chi connectivity index (χ4v) is 4.54. The van der Waals surface area contributed by atoms with Crippen LogP contribution in [0.3, 0.4) is 0 Å². The Labute approximate surface area is 197 Å². The van der Waals surface area contributed by atoms with Gasteiger partial charge in [-0.2, -0.15) is 0 Å². The molecule has 32 heavy (non-hydrogen) atoms. The van der Waals surface area contributed by atoms with Crippen molar-refractivity contribution in [2.24, 2.45) is 0 Å². The molecule has 2 N–H and O–H groups in total. The Morgan fingerprint density at radius 2 is 1.38 bits per heavy atom. The highest BCUT2D eigenvalue weighted by atomic mass is 35.5. The Kier molecular flexibility index (Phi) is 6.72. The predicted molar refractivity (Wildman–Crippen MR) is 127 cm³/mol. The van der Waals surface area contributed by atoms with Gasteiger partial charge in [-0.05, 0) is 47.5 Å². The average Bonchev–Trinajstić information content (AvgIpc) is 3.20. The monoisotopic (exact) mass is 470 g/mol. The van der Waals surface area contributed by atoms with Crippen LogP contribution >= 0.6 is 23.2 Å². The summed E-state index contributed by atoms with van der Waals surface area (Å²) in [7, 11) is 3.21. The molecule has 4 rings (SSSR count). The maximum Gasteiger partial charge on any atom is 0.128 e. The molecule has 0 bridgehead atoms. The zero-order valence-corrected chi connectivity index (χ0v) is 19.3. The molecule has 1 aliphatic rings. The lowest BCUT2D eigenvalue weighted by molar-refractivity contribution is -0.109. The van der Waals surface area contributed by atoms with Gasteiger partial charge in [0, 0.05) is 28.1 Å². The van der Waals surface area contributed by atoms with Gasteiger partial charge in [0.1, 0.15) is 23.4 Å². The number of halogens is 2. The van der Waals surface area contributed by atoms with Crippen molar-refractivity contribution in [3.05, 3.63) is 93.5 Å². The third kappa shape index (κ3) is 4.34. The van der Waals surface area contributed by atoms with E-state index in [1.165, 1.54) is 0 Å². The highest BCUT2D eigenvalue weighted by Gasteiger charge is 2.47. The van der Waals surface area contributed by atoms with E-state index in [0.29, 0.717) is 21.5 Å². The third-order valence-electron chi connectivity index (χ3n) is 5.85. The molecule has 5 nitrogen and oxygen atoms in total. The van der Waals surface area contributed by atoms with Crippen molar-refractivity contribution in [1.82, 2.24) is 10.6 Å². The zero-order chi connectivity index (χ0) is 22.7. The van der Waals surface area contributed by atoms with Gasteiger partial charge in [-0.3, -0.25) is 10.6 Å². The molecule has 1 heterocycles. The van der Waals surface area contributed by atoms with Crippen LogP contribution in [0.1, 0.15) is 35.2 Å². The van der Waals surface area contributed by atoms with E-state index in [1.807, 2.05) is 66.7 Å². The van der Waals surface area contributed by atoms with Gasteiger partial charge < -0.3 is 14.3 Å². The van der Waals surface area contributed by atoms with Gasteiger partial charge in [-0.25, -0.2) is 0 Å². The smallest absolute Gasteiger partial charge is 0.128 e. The van der Waals surface area contributed by atoms with E-state index in [0.717, 1.165) is 23.0 Å². The first-order valence-corrected chi connectivity index (χ1v) is 11.0. The van der Waals surface area contributed by atoms with Gasteiger partial charge in [0.15, 0.2) is 0 Å². The summed E-state index contributed by atoms with van der Waals surface area (Å²) in [6.07, 6.45) is 1.11. The van der Waals surface area contributed by atoms with E-state index in [-0.39, 0.29) is 18.5 Å². The summed E-state index contributed by atoms with van der Waals surface area (Å²) < 4.78 is 11.0. The number of benzene rings is 3. The summed E-state index contributed by atoms with van der Waals surface area (Å²) in [6, 6.07) is 20.8. The van der Waals surface area contributed by atoms with E-state index in [9.17, 15) is 4.79 Å². The average molecular weight is 471 g/mol. The molecule has 0 radical (unpaired) electrons. The molecule has 0 aliphatic carbocycles. The molecule has 0 saturated carbocycles. The molecule has 2 atom stereocenters. The van der Waals surface area contributed by atoms with Crippen LogP contribution in [0.4, 0.5) is 0 Å². The van der Waals surface area contributed by atoms with Crippen LogP contribution in [-0.2, 0) is 10.5 Å². The summed E-state index contributed by atoms with van der Waals surface area (Å²) in [5.74, 6) is 1.30. The molecule has 0 aromatic heterocycles. The van der Waals surface area contributed by atoms with Gasteiger partial charge in [0.05, 0.1) is 26.3 Å². The van der Waals surface area contributed by atoms with Crippen molar-refractivity contribution < 1.29 is 14.3 Å². The number of carbonyl (C=O) groups excluding carboxylic acids is 1. The van der Waals surface area contributed by atoms with E-state index in [4.69, 9.17) is 32.7 Å². The first-order chi connectivity index (χ1) is 15.5. The Morgan fingerprint density at radius 1 is 0.844 bits per heavy atom. The molecule has 1 saturated heterocycles. The quantitative estimate of drug-likeness (QED) is 0.451. The van der Waals surface area contributed by atoms with Gasteiger partial charge in [0.2, 0.25) is 0 Å². The number of nitrogens with one attached hydrogen (secondary N) is 2. The zero-order valence-electron chi connectivity index (χ0n) is 17.8. The van der Waals surface area contributed by atoms with E-state index in [1.54, 1.807) is 14.2 Å². The van der Waals surface area contributed by atoms with Gasteiger partial charge in [-0.1, -0.05) is 47.5 Å². The predicted octanol–water partition coefficient (Wildman–Crippen LogP) is 5.43. The number of hydrogen-bond acceptors (Lipinski definition) is 5. The largest absolute Gasteiger partial charge is 0.497 e. The summed E-state index contributed by atoms with van der Waals surface area (Å²) in [4.78, 5) is 11.9. The minimum Gasteiger partial charge on any atom is -0.497 e. The number of aldehydes is 1. The van der Waals surface area contributed by atoms with Crippen LogP contribution in [0.2, 0.25) is 10.0 Å². The van der Waals surface area contributed by atoms with Crippen molar-refractivity contribution in [3.8, 4) is 11.5 Å². The molecule has 7 heteroatoms. The maximum absolute atomic E-state index is 11.9. The topological polar surface area (TPSA) is 59.6 Å². The van der Waals surface area contributed by atoms with Crippen molar-refractivity contribution in [2.75, 3.05) is 14.2 Å². The van der Waals surface area contributed by atoms with Crippen LogP contribution < -0.4 is 20.1 Å². The van der Waals surface area contributed by atoms with Crippen molar-refractivity contribution in [2.45, 2.75) is 24.2 Å². The molecule has 3 aromatic rings. The van der Waals surface area contributed by atoms with Crippen LogP contribution in [-0.4, -0.2) is 20.5 Å². The molecule has 3 aromatic carbocycles. The summed E-state index contributed by atoms with van der Waals surface area (Å²) >= 11 is 12.3. The van der Waals surface area contributed by atoms with Crippen molar-refractivity contribution in [3.63, 3.8) is 0 Å². The second-order valence-corrected chi connectivity index (χ2v) is 8.56. The third-order valence-corrected chi connectivity index (χ3v) is 6.36. The Morgan fingerprint density at radius 3 is 1.81 bits per heavy atom. The number of carbonyl (C=O) groups is 1. The molecule has 0 amide bonds. The van der Waals surface area contributed by atoms with Crippen LogP contribution in [0.5, 0.6) is 11.5 Å². The Hall–Kier alpha value is -2.57. The van der Waals surface area contributed by atoms with Crippen LogP contribution in [0.15, 0.2) is 66.7 Å². The van der Waals surface area contributed by atoms with E-state index < -0.39 is 5.66 Å². The summed E-state index contributed by atoms with van der Waals surface area (Å²) in [5.41, 5.74) is 2.06. The summed E-state index contributed by atoms with van der Waals surface area (Å²) in [6.45, 7) is 0. The van der Waals surface area contributed by atoms with Gasteiger partial charge in [-0.15, -0.1) is 0 Å². The number of hydrogen-bond donors (Lipinski definition) is 2. The molecular formula is C25H24Cl2N2O3. The summed E-state index contributed by atoms with van der Waals surface area (Å²) in [5, 5.41) is 8.72. The normalized spacial score (nSPS) is 22.5. The lowest BCUT2D eigenvalue weighted by Crippen LogP contribution is -2.47. The SMILES string of the molecule is COc1ccc(C2(CC=O)NC(c3ccc(Cl)cc3)C(c3ccc(Cl)cc3)N2)c(OC)c1. The maximum atomic E-state index is 11.9. The van der Waals surface area contributed by atoms with Crippen LogP contribution in [0, 0.1) is 0 Å². The lowest BCUT2D eigenvalue weighted by Gasteiger charge is -2.31. The molecule has 166 valence electrons. The van der Waals surface area contributed by atoms with Crippen molar-refractivity contribution >= 4 is 29.5 Å². The standard InChI is InChI=1S/C25H24Cl2N2O3/c1-31-20-11-12-21(22(15-20)32-2)25(13-14-30)28-23(16-3-7-18(26)8-4-16)24(29-25)17-5-9-19(27)10-6-17/h3-12,14-15,23-24,28-29H,13H2,1-2H3. The van der Waals surface area contributed by atoms with Crippen molar-refractivity contribution in [1.29, 1.82) is 0 Å². The molecule has 1 fully saturated rings. The molecule has 2 unspecified atom stereocenters. The van der Waals surface area contributed by atoms with Gasteiger partial charge in [0.25, 0.3) is 0 Å². The number of rotatable bonds is 7. The highest BCUT2D eigenvalue weighted by molar-refractivity contribution is 6.30. The van der Waals surface area contributed by atoms with E-state index in [2.05, 4.69) is 10.6 Å². The molecule has 1 aliphatic heterocycles. The second kappa shape index (κ2) is 9.51. The van der Waals surface area contributed by atoms with Gasteiger partial charge >= 0.3 is 0 Å². The first kappa shape index (κ1) is 22.6.